The van der Waals surface area contributed by atoms with Gasteiger partial charge in [-0.15, -0.1) is 0 Å². The van der Waals surface area contributed by atoms with Crippen molar-refractivity contribution in [3.63, 3.8) is 0 Å². The highest BCUT2D eigenvalue weighted by atomic mass is 35.5. The van der Waals surface area contributed by atoms with E-state index in [0.29, 0.717) is 5.15 Å². The lowest BCUT2D eigenvalue weighted by Crippen LogP contribution is -1.89. The topological polar surface area (TPSA) is 22.1 Å². The fourth-order valence-electron chi connectivity index (χ4n) is 1.40. The van der Waals surface area contributed by atoms with Gasteiger partial charge in [0, 0.05) is 17.8 Å². The number of nitrogens with zero attached hydrogens (tertiary/aromatic N) is 1. The fourth-order valence-corrected chi connectivity index (χ4v) is 1.55. The first-order valence-corrected chi connectivity index (χ1v) is 5.39. The van der Waals surface area contributed by atoms with Crippen LogP contribution in [0.3, 0.4) is 0 Å². The third-order valence-corrected chi connectivity index (χ3v) is 2.44. The van der Waals surface area contributed by atoms with Crippen molar-refractivity contribution in [2.45, 2.75) is 13.8 Å². The van der Waals surface area contributed by atoms with E-state index in [4.69, 9.17) is 16.3 Å². The predicted octanol–water partition coefficient (Wildman–Crippen LogP) is 4.14. The molecule has 82 valence electrons. The highest BCUT2D eigenvalue weighted by molar-refractivity contribution is 6.29. The van der Waals surface area contributed by atoms with Crippen LogP contribution in [-0.4, -0.2) is 4.98 Å². The Morgan fingerprint density at radius 1 is 1.19 bits per heavy atom. The van der Waals surface area contributed by atoms with Crippen LogP contribution in [0.5, 0.6) is 11.5 Å². The summed E-state index contributed by atoms with van der Waals surface area (Å²) >= 11 is 5.82. The molecule has 0 bridgehead atoms. The number of aromatic nitrogens is 1. The zero-order valence-electron chi connectivity index (χ0n) is 9.20. The molecule has 0 amide bonds. The summed E-state index contributed by atoms with van der Waals surface area (Å²) in [6.07, 6.45) is 1.70. The molecule has 2 nitrogen and oxygen atoms in total. The van der Waals surface area contributed by atoms with Gasteiger partial charge in [0.2, 0.25) is 0 Å². The second-order valence-electron chi connectivity index (χ2n) is 3.69. The lowest BCUT2D eigenvalue weighted by Gasteiger charge is -2.08. The second kappa shape index (κ2) is 4.54. The van der Waals surface area contributed by atoms with Crippen LogP contribution in [0.15, 0.2) is 36.5 Å². The van der Waals surface area contributed by atoms with E-state index in [1.165, 1.54) is 0 Å². The van der Waals surface area contributed by atoms with E-state index >= 15 is 0 Å². The first-order valence-electron chi connectivity index (χ1n) is 5.02. The fraction of sp³-hybridized carbons (Fsp3) is 0.154. The smallest absolute Gasteiger partial charge is 0.134 e. The first kappa shape index (κ1) is 11.0. The number of hydrogen-bond donors (Lipinski definition) is 0. The van der Waals surface area contributed by atoms with E-state index in [2.05, 4.69) is 4.98 Å². The van der Waals surface area contributed by atoms with Gasteiger partial charge in [-0.1, -0.05) is 23.7 Å². The van der Waals surface area contributed by atoms with Crippen molar-refractivity contribution in [3.8, 4) is 11.5 Å². The van der Waals surface area contributed by atoms with Crippen molar-refractivity contribution in [1.82, 2.24) is 4.98 Å². The Morgan fingerprint density at radius 3 is 2.75 bits per heavy atom. The van der Waals surface area contributed by atoms with Crippen molar-refractivity contribution in [3.05, 3.63) is 52.8 Å². The van der Waals surface area contributed by atoms with E-state index in [9.17, 15) is 0 Å². The Balaban J connectivity index is 2.30. The van der Waals surface area contributed by atoms with Crippen LogP contribution in [0.4, 0.5) is 0 Å². The summed E-state index contributed by atoms with van der Waals surface area (Å²) in [5.41, 5.74) is 2.13. The maximum Gasteiger partial charge on any atom is 0.134 e. The summed E-state index contributed by atoms with van der Waals surface area (Å²) in [4.78, 5) is 3.98. The van der Waals surface area contributed by atoms with Gasteiger partial charge in [-0.3, -0.25) is 0 Å². The van der Waals surface area contributed by atoms with E-state index in [-0.39, 0.29) is 0 Å². The van der Waals surface area contributed by atoms with Gasteiger partial charge < -0.3 is 4.74 Å². The molecule has 16 heavy (non-hydrogen) atoms. The summed E-state index contributed by atoms with van der Waals surface area (Å²) in [7, 11) is 0. The zero-order valence-corrected chi connectivity index (χ0v) is 9.95. The molecule has 0 aliphatic carbocycles. The number of halogens is 1. The molecular weight excluding hydrogens is 222 g/mol. The Hall–Kier alpha value is -1.54. The molecule has 0 atom stereocenters. The summed E-state index contributed by atoms with van der Waals surface area (Å²) < 4.78 is 5.75. The van der Waals surface area contributed by atoms with Crippen LogP contribution in [0.2, 0.25) is 5.15 Å². The van der Waals surface area contributed by atoms with E-state index in [0.717, 1.165) is 22.6 Å². The molecule has 0 fully saturated rings. The van der Waals surface area contributed by atoms with Gasteiger partial charge in [-0.2, -0.15) is 0 Å². The first-order chi connectivity index (χ1) is 7.65. The molecule has 0 saturated heterocycles. The van der Waals surface area contributed by atoms with Gasteiger partial charge in [-0.25, -0.2) is 4.98 Å². The maximum absolute atomic E-state index is 5.82. The minimum atomic E-state index is 0.438. The molecule has 0 spiro atoms. The van der Waals surface area contributed by atoms with Crippen molar-refractivity contribution in [2.75, 3.05) is 0 Å². The van der Waals surface area contributed by atoms with Gasteiger partial charge in [0.25, 0.3) is 0 Å². The molecule has 0 unspecified atom stereocenters. The van der Waals surface area contributed by atoms with Crippen LogP contribution in [0, 0.1) is 13.8 Å². The molecule has 1 aromatic heterocycles. The van der Waals surface area contributed by atoms with Crippen LogP contribution in [0.1, 0.15) is 11.1 Å². The number of aryl methyl sites for hydroxylation is 2. The van der Waals surface area contributed by atoms with Gasteiger partial charge in [-0.05, 0) is 31.5 Å². The molecule has 0 aliphatic heterocycles. The average Bonchev–Trinajstić information content (AvgIpc) is 2.24. The lowest BCUT2D eigenvalue weighted by molar-refractivity contribution is 0.477. The minimum absolute atomic E-state index is 0.438. The molecule has 0 radical (unpaired) electrons. The summed E-state index contributed by atoms with van der Waals surface area (Å²) in [5, 5.41) is 0.438. The van der Waals surface area contributed by atoms with Crippen LogP contribution >= 0.6 is 11.6 Å². The standard InChI is InChI=1S/C13H12ClNO/c1-9-4-3-5-11(6-9)16-12-7-13(14)15-8-10(12)2/h3-8H,1-2H3. The van der Waals surface area contributed by atoms with Crippen molar-refractivity contribution < 1.29 is 4.74 Å². The summed E-state index contributed by atoms with van der Waals surface area (Å²) in [6.45, 7) is 3.97. The van der Waals surface area contributed by atoms with Gasteiger partial charge in [0.05, 0.1) is 0 Å². The van der Waals surface area contributed by atoms with Crippen LogP contribution in [0.25, 0.3) is 0 Å². The van der Waals surface area contributed by atoms with Crippen molar-refractivity contribution in [2.24, 2.45) is 0 Å². The van der Waals surface area contributed by atoms with Crippen molar-refractivity contribution >= 4 is 11.6 Å². The molecular formula is C13H12ClNO. The number of rotatable bonds is 2. The molecule has 2 rings (SSSR count). The Morgan fingerprint density at radius 2 is 2.00 bits per heavy atom. The maximum atomic E-state index is 5.82. The molecule has 0 aliphatic rings. The average molecular weight is 234 g/mol. The van der Waals surface area contributed by atoms with Crippen LogP contribution in [-0.2, 0) is 0 Å². The lowest BCUT2D eigenvalue weighted by atomic mass is 10.2. The second-order valence-corrected chi connectivity index (χ2v) is 4.08. The summed E-state index contributed by atoms with van der Waals surface area (Å²) in [6, 6.07) is 9.61. The zero-order chi connectivity index (χ0) is 11.5. The largest absolute Gasteiger partial charge is 0.457 e. The third kappa shape index (κ3) is 2.52. The normalized spacial score (nSPS) is 10.2. The highest BCUT2D eigenvalue weighted by Crippen LogP contribution is 2.26. The Kier molecular flexibility index (Phi) is 3.11. The molecule has 2 aromatic rings. The van der Waals surface area contributed by atoms with E-state index < -0.39 is 0 Å². The summed E-state index contributed by atoms with van der Waals surface area (Å²) in [5.74, 6) is 1.55. The van der Waals surface area contributed by atoms with Gasteiger partial charge >= 0.3 is 0 Å². The monoisotopic (exact) mass is 233 g/mol. The van der Waals surface area contributed by atoms with E-state index in [1.54, 1.807) is 12.3 Å². The quantitative estimate of drug-likeness (QED) is 0.728. The molecule has 0 N–H and O–H groups in total. The molecule has 1 heterocycles. The minimum Gasteiger partial charge on any atom is -0.457 e. The number of benzene rings is 1. The highest BCUT2D eigenvalue weighted by Gasteiger charge is 2.03. The SMILES string of the molecule is Cc1cccc(Oc2cc(Cl)ncc2C)c1. The predicted molar refractivity (Wildman–Crippen MR) is 65.2 cm³/mol. The Labute approximate surface area is 99.9 Å². The third-order valence-electron chi connectivity index (χ3n) is 2.24. The van der Waals surface area contributed by atoms with Crippen molar-refractivity contribution in [1.29, 1.82) is 0 Å². The molecule has 3 heteroatoms. The Bertz CT molecular complexity index is 511. The number of ether oxygens (including phenoxy) is 1. The molecule has 0 saturated carbocycles. The van der Waals surface area contributed by atoms with Gasteiger partial charge in [0.15, 0.2) is 0 Å². The van der Waals surface area contributed by atoms with Crippen LogP contribution < -0.4 is 4.74 Å². The molecule has 1 aromatic carbocycles. The van der Waals surface area contributed by atoms with E-state index in [1.807, 2.05) is 38.1 Å². The van der Waals surface area contributed by atoms with Gasteiger partial charge in [0.1, 0.15) is 16.7 Å². The number of pyridine rings is 1. The number of hydrogen-bond acceptors (Lipinski definition) is 2.